The number of benzene rings is 2. The van der Waals surface area contributed by atoms with E-state index in [0.29, 0.717) is 30.8 Å². The molecule has 0 aromatic heterocycles. The number of carbonyl (C=O) groups excluding carboxylic acids is 1. The molecule has 0 aliphatic carbocycles. The van der Waals surface area contributed by atoms with Gasteiger partial charge in [0.05, 0.1) is 4.92 Å². The van der Waals surface area contributed by atoms with Crippen LogP contribution >= 0.6 is 12.4 Å². The Bertz CT molecular complexity index is 858. The molecule has 8 heteroatoms. The third-order valence-electron chi connectivity index (χ3n) is 5.09. The van der Waals surface area contributed by atoms with Gasteiger partial charge in [0, 0.05) is 36.4 Å². The molecular weight excluding hydrogens is 380 g/mol. The number of piperidine rings is 1. The van der Waals surface area contributed by atoms with Gasteiger partial charge in [-0.15, -0.1) is 12.4 Å². The van der Waals surface area contributed by atoms with Crippen molar-refractivity contribution in [1.82, 2.24) is 4.90 Å². The Balaban J connectivity index is 0.00000280. The lowest BCUT2D eigenvalue weighted by Crippen LogP contribution is -2.54. The molecule has 3 N–H and O–H groups in total. The number of nitrogens with one attached hydrogen (secondary N) is 1. The molecule has 0 radical (unpaired) electrons. The molecule has 0 bridgehead atoms. The fourth-order valence-corrected chi connectivity index (χ4v) is 3.33. The van der Waals surface area contributed by atoms with Gasteiger partial charge in [0.25, 0.3) is 11.6 Å². The smallest absolute Gasteiger partial charge is 0.293 e. The van der Waals surface area contributed by atoms with Crippen LogP contribution in [0.1, 0.15) is 30.6 Å². The average molecular weight is 405 g/mol. The van der Waals surface area contributed by atoms with Crippen molar-refractivity contribution in [2.24, 2.45) is 11.1 Å². The van der Waals surface area contributed by atoms with E-state index >= 15 is 0 Å². The second kappa shape index (κ2) is 8.58. The minimum Gasteiger partial charge on any atom is -0.350 e. The van der Waals surface area contributed by atoms with Crippen LogP contribution < -0.4 is 11.1 Å². The van der Waals surface area contributed by atoms with Crippen LogP contribution in [0, 0.1) is 15.5 Å². The number of anilines is 2. The quantitative estimate of drug-likeness (QED) is 0.593. The van der Waals surface area contributed by atoms with Crippen LogP contribution in [0.15, 0.2) is 48.5 Å². The Kier molecular flexibility index (Phi) is 6.64. The predicted octanol–water partition coefficient (Wildman–Crippen LogP) is 3.96. The molecule has 28 heavy (non-hydrogen) atoms. The molecule has 1 heterocycles. The maximum absolute atomic E-state index is 12.9. The van der Waals surface area contributed by atoms with Gasteiger partial charge >= 0.3 is 0 Å². The molecule has 3 rings (SSSR count). The lowest BCUT2D eigenvalue weighted by atomic mass is 9.79. The lowest BCUT2D eigenvalue weighted by molar-refractivity contribution is -0.383. The number of nitrogens with two attached hydrogens (primary N) is 1. The number of hydrogen-bond acceptors (Lipinski definition) is 5. The monoisotopic (exact) mass is 404 g/mol. The number of amides is 1. The second-order valence-electron chi connectivity index (χ2n) is 7.59. The van der Waals surface area contributed by atoms with E-state index in [-0.39, 0.29) is 35.5 Å². The van der Waals surface area contributed by atoms with Gasteiger partial charge in [-0.25, -0.2) is 0 Å². The number of para-hydroxylation sites is 1. The van der Waals surface area contributed by atoms with Crippen LogP contribution in [-0.4, -0.2) is 34.9 Å². The third-order valence-corrected chi connectivity index (χ3v) is 5.09. The molecule has 1 saturated heterocycles. The average Bonchev–Trinajstić information content (AvgIpc) is 2.64. The summed E-state index contributed by atoms with van der Waals surface area (Å²) in [6.07, 6.45) is 0.717. The zero-order valence-electron chi connectivity index (χ0n) is 15.9. The van der Waals surface area contributed by atoms with Crippen LogP contribution in [0.5, 0.6) is 0 Å². The number of likely N-dealkylation sites (tertiary alicyclic amines) is 1. The van der Waals surface area contributed by atoms with E-state index in [1.54, 1.807) is 17.0 Å². The van der Waals surface area contributed by atoms with Crippen LogP contribution in [0.4, 0.5) is 17.1 Å². The SMILES string of the molecule is CC1(C)CN(C(=O)c2ccc(Nc3ccccc3)c([N+](=O)[O-])c2)CCC1N.Cl. The first-order chi connectivity index (χ1) is 12.8. The summed E-state index contributed by atoms with van der Waals surface area (Å²) < 4.78 is 0. The van der Waals surface area contributed by atoms with E-state index in [4.69, 9.17) is 5.73 Å². The first-order valence-electron chi connectivity index (χ1n) is 8.93. The molecule has 7 nitrogen and oxygen atoms in total. The highest BCUT2D eigenvalue weighted by atomic mass is 35.5. The van der Waals surface area contributed by atoms with E-state index < -0.39 is 4.92 Å². The molecule has 0 saturated carbocycles. The van der Waals surface area contributed by atoms with Crippen molar-refractivity contribution < 1.29 is 9.72 Å². The highest BCUT2D eigenvalue weighted by Crippen LogP contribution is 2.31. The number of nitro benzene ring substituents is 1. The zero-order valence-corrected chi connectivity index (χ0v) is 16.7. The summed E-state index contributed by atoms with van der Waals surface area (Å²) in [7, 11) is 0. The largest absolute Gasteiger partial charge is 0.350 e. The van der Waals surface area contributed by atoms with E-state index in [1.165, 1.54) is 6.07 Å². The van der Waals surface area contributed by atoms with Crippen LogP contribution in [-0.2, 0) is 0 Å². The summed E-state index contributed by atoms with van der Waals surface area (Å²) in [5.74, 6) is -0.204. The predicted molar refractivity (Wildman–Crippen MR) is 112 cm³/mol. The molecular formula is C20H25ClN4O3. The maximum Gasteiger partial charge on any atom is 0.293 e. The minimum absolute atomic E-state index is 0. The summed E-state index contributed by atoms with van der Waals surface area (Å²) in [5.41, 5.74) is 7.23. The Morgan fingerprint density at radius 2 is 1.93 bits per heavy atom. The summed E-state index contributed by atoms with van der Waals surface area (Å²) >= 11 is 0. The van der Waals surface area contributed by atoms with Crippen molar-refractivity contribution in [2.45, 2.75) is 26.3 Å². The Morgan fingerprint density at radius 3 is 2.54 bits per heavy atom. The van der Waals surface area contributed by atoms with E-state index in [0.717, 1.165) is 5.69 Å². The number of carbonyl (C=O) groups is 1. The Morgan fingerprint density at radius 1 is 1.25 bits per heavy atom. The van der Waals surface area contributed by atoms with Crippen molar-refractivity contribution in [3.63, 3.8) is 0 Å². The molecule has 1 unspecified atom stereocenters. The Labute approximate surface area is 170 Å². The van der Waals surface area contributed by atoms with Gasteiger partial charge in [-0.3, -0.25) is 14.9 Å². The fraction of sp³-hybridized carbons (Fsp3) is 0.350. The van der Waals surface area contributed by atoms with Gasteiger partial charge in [-0.1, -0.05) is 32.0 Å². The van der Waals surface area contributed by atoms with Crippen molar-refractivity contribution in [3.05, 3.63) is 64.2 Å². The van der Waals surface area contributed by atoms with Gasteiger partial charge in [-0.05, 0) is 36.1 Å². The fourth-order valence-electron chi connectivity index (χ4n) is 3.33. The number of nitro groups is 1. The van der Waals surface area contributed by atoms with Crippen molar-refractivity contribution in [3.8, 4) is 0 Å². The molecule has 1 aliphatic rings. The lowest BCUT2D eigenvalue weighted by Gasteiger charge is -2.42. The normalized spacial score (nSPS) is 18.1. The standard InChI is InChI=1S/C20H24N4O3.ClH/c1-20(2)13-23(11-10-18(20)21)19(25)14-8-9-16(17(12-14)24(26)27)22-15-6-4-3-5-7-15;/h3-9,12,18,22H,10-11,13,21H2,1-2H3;1H. The van der Waals surface area contributed by atoms with E-state index in [2.05, 4.69) is 5.32 Å². The van der Waals surface area contributed by atoms with Crippen molar-refractivity contribution >= 4 is 35.4 Å². The maximum atomic E-state index is 12.9. The molecule has 2 aromatic carbocycles. The van der Waals surface area contributed by atoms with E-state index in [1.807, 2.05) is 44.2 Å². The highest BCUT2D eigenvalue weighted by molar-refractivity contribution is 5.96. The second-order valence-corrected chi connectivity index (χ2v) is 7.59. The molecule has 150 valence electrons. The van der Waals surface area contributed by atoms with E-state index in [9.17, 15) is 14.9 Å². The molecule has 1 amide bonds. The highest BCUT2D eigenvalue weighted by Gasteiger charge is 2.36. The zero-order chi connectivity index (χ0) is 19.6. The van der Waals surface area contributed by atoms with Gasteiger partial charge in [0.1, 0.15) is 5.69 Å². The van der Waals surface area contributed by atoms with Crippen LogP contribution in [0.25, 0.3) is 0 Å². The van der Waals surface area contributed by atoms with Gasteiger partial charge in [0.2, 0.25) is 0 Å². The van der Waals surface area contributed by atoms with Gasteiger partial charge < -0.3 is 16.0 Å². The molecule has 1 atom stereocenters. The number of hydrogen-bond donors (Lipinski definition) is 2. The van der Waals surface area contributed by atoms with Crippen molar-refractivity contribution in [2.75, 3.05) is 18.4 Å². The number of halogens is 1. The summed E-state index contributed by atoms with van der Waals surface area (Å²) in [4.78, 5) is 25.7. The molecule has 1 aliphatic heterocycles. The van der Waals surface area contributed by atoms with Gasteiger partial charge in [0.15, 0.2) is 0 Å². The molecule has 2 aromatic rings. The van der Waals surface area contributed by atoms with Crippen LogP contribution in [0.2, 0.25) is 0 Å². The van der Waals surface area contributed by atoms with Crippen LogP contribution in [0.3, 0.4) is 0 Å². The van der Waals surface area contributed by atoms with Crippen molar-refractivity contribution in [1.29, 1.82) is 0 Å². The Hall–Kier alpha value is -2.64. The topological polar surface area (TPSA) is 102 Å². The molecule has 0 spiro atoms. The molecule has 1 fully saturated rings. The number of nitrogens with zero attached hydrogens (tertiary/aromatic N) is 2. The first-order valence-corrected chi connectivity index (χ1v) is 8.93. The summed E-state index contributed by atoms with van der Waals surface area (Å²) in [6, 6.07) is 13.8. The first kappa shape index (κ1) is 21.7. The minimum atomic E-state index is -0.474. The van der Waals surface area contributed by atoms with Gasteiger partial charge in [-0.2, -0.15) is 0 Å². The summed E-state index contributed by atoms with van der Waals surface area (Å²) in [5, 5.41) is 14.6. The summed E-state index contributed by atoms with van der Waals surface area (Å²) in [6.45, 7) is 5.16. The number of rotatable bonds is 4. The third kappa shape index (κ3) is 4.61.